The average Bonchev–Trinajstić information content (AvgIpc) is 1.61. The number of anilines is 2. The number of nitrogens with two attached hydrogens (primary N) is 2. The third-order valence-corrected chi connectivity index (χ3v) is 19.2. The number of aromatic amines is 3. The highest BCUT2D eigenvalue weighted by Crippen LogP contribution is 2.46. The molecule has 0 fully saturated rings. The van der Waals surface area contributed by atoms with E-state index in [0.717, 1.165) is 49.2 Å². The molecule has 5 aromatic carbocycles. The number of nitrogen functional groups attached to an aromatic ring is 1. The first kappa shape index (κ1) is 69.3. The number of H-pyrrole nitrogens is 3. The Morgan fingerprint density at radius 2 is 1.45 bits per heavy atom. The van der Waals surface area contributed by atoms with Gasteiger partial charge in [-0.2, -0.15) is 4.98 Å². The second-order valence-corrected chi connectivity index (χ2v) is 26.1. The summed E-state index contributed by atoms with van der Waals surface area (Å²) in [7, 11) is 2.25. The van der Waals surface area contributed by atoms with E-state index >= 15 is 0 Å². The summed E-state index contributed by atoms with van der Waals surface area (Å²) in [6.07, 6.45) is -0.997. The number of ether oxygens (including phenoxy) is 1. The predicted octanol–water partition coefficient (Wildman–Crippen LogP) is 6.89. The molecule has 4 aromatic heterocycles. The van der Waals surface area contributed by atoms with E-state index in [1.807, 2.05) is 60.7 Å². The van der Waals surface area contributed by atoms with Crippen LogP contribution in [0.1, 0.15) is 91.7 Å². The molecule has 502 valence electrons. The van der Waals surface area contributed by atoms with E-state index < -0.39 is 103 Å². The van der Waals surface area contributed by atoms with Gasteiger partial charge in [0.15, 0.2) is 28.5 Å². The number of aryl methyl sites for hydroxylation is 2. The summed E-state index contributed by atoms with van der Waals surface area (Å²) in [5.74, 6) is -10.3. The summed E-state index contributed by atoms with van der Waals surface area (Å²) in [4.78, 5) is 165. The number of ketones is 3. The molecule has 1 aliphatic rings. The number of nitrogens with zero attached hydrogens (tertiary/aromatic N) is 4. The fourth-order valence-corrected chi connectivity index (χ4v) is 13.7. The lowest BCUT2D eigenvalue weighted by Gasteiger charge is -2.21. The summed E-state index contributed by atoms with van der Waals surface area (Å²) < 4.78 is 5.88. The van der Waals surface area contributed by atoms with Gasteiger partial charge in [-0.1, -0.05) is 94.4 Å². The molecule has 10 rings (SSSR count). The number of hydrogen-bond acceptors (Lipinski definition) is 19. The number of halogens is 1. The summed E-state index contributed by atoms with van der Waals surface area (Å²) in [5.41, 5.74) is 17.2. The van der Waals surface area contributed by atoms with Gasteiger partial charge in [-0.15, -0.1) is 11.6 Å². The van der Waals surface area contributed by atoms with Crippen molar-refractivity contribution >= 4 is 148 Å². The molecule has 2 unspecified atom stereocenters. The lowest BCUT2D eigenvalue weighted by atomic mass is 9.93. The van der Waals surface area contributed by atoms with Crippen molar-refractivity contribution in [3.63, 3.8) is 0 Å². The molecule has 5 atom stereocenters. The first-order valence-electron chi connectivity index (χ1n) is 30.6. The molecule has 0 aliphatic carbocycles. The smallest absolute Gasteiger partial charge is 0.412 e. The van der Waals surface area contributed by atoms with E-state index in [-0.39, 0.29) is 95.8 Å². The Morgan fingerprint density at radius 3 is 2.20 bits per heavy atom. The standard InChI is InChI=1S/C67H65ClN12O15S2/c68-29-41-32-80(63(89)50-24-39-21-35(12-17-47(39)76-50)22-53(82)48-23-37-5-1-4-8-46(37)75-48)51-28-55(43-6-2-3-7-44(43)58(41)51)95-67(94)71-19-20-96-97-33-40(65(92)93)26-54(83)49(27-57(85)86)77-61(87)45(69)31-72-56(84)18-15-38(64(90)91)25-52(81)36-13-9-34(10-14-36)11-16-42-30-73-60-59(74-42)62(88)79-66(70)78-60/h1-10,12-14,17,21,23-24,28,30,38,40-41,45,49,75-76H,11,15-16,18-20,22,25-27,29,31-33,69H2,(H,71,94)(H,72,84)(H,77,87)(H,85,86)(H,90,91)(H,92,93)(H3,70,73,78,79,88)/t38-,40-,41?,45-,49?/m0/s1. The van der Waals surface area contributed by atoms with Gasteiger partial charge in [0.2, 0.25) is 17.8 Å². The zero-order valence-electron chi connectivity index (χ0n) is 51.6. The fraction of sp³-hybridized carbons (Fsp3) is 0.284. The second kappa shape index (κ2) is 31.4. The minimum atomic E-state index is -1.70. The Kier molecular flexibility index (Phi) is 22.4. The molecule has 27 nitrogen and oxygen atoms in total. The van der Waals surface area contributed by atoms with E-state index in [1.165, 1.54) is 17.0 Å². The quantitative estimate of drug-likeness (QED) is 0.00884. The number of carboxylic acid groups (broad SMARTS) is 3. The molecule has 5 heterocycles. The van der Waals surface area contributed by atoms with Crippen molar-refractivity contribution in [3.05, 3.63) is 165 Å². The van der Waals surface area contributed by atoms with Crippen molar-refractivity contribution in [2.75, 3.05) is 47.7 Å². The second-order valence-electron chi connectivity index (χ2n) is 23.2. The van der Waals surface area contributed by atoms with Crippen LogP contribution in [0.5, 0.6) is 5.75 Å². The van der Waals surface area contributed by atoms with Crippen molar-refractivity contribution < 1.29 is 68.0 Å². The molecule has 30 heteroatoms. The molecule has 0 saturated carbocycles. The zero-order chi connectivity index (χ0) is 69.0. The maximum absolute atomic E-state index is 14.5. The van der Waals surface area contributed by atoms with E-state index in [2.05, 4.69) is 45.9 Å². The number of carboxylic acids is 3. The number of para-hydroxylation sites is 1. The van der Waals surface area contributed by atoms with E-state index in [1.54, 1.807) is 53.4 Å². The van der Waals surface area contributed by atoms with Crippen LogP contribution in [0.15, 0.2) is 120 Å². The van der Waals surface area contributed by atoms with Crippen LogP contribution < -0.4 is 42.6 Å². The van der Waals surface area contributed by atoms with Crippen molar-refractivity contribution in [1.82, 2.24) is 45.9 Å². The highest BCUT2D eigenvalue weighted by atomic mass is 35.5. The Morgan fingerprint density at radius 1 is 0.742 bits per heavy atom. The molecule has 9 aromatic rings. The van der Waals surface area contributed by atoms with Crippen molar-refractivity contribution in [1.29, 1.82) is 0 Å². The SMILES string of the molecule is Nc1nc2ncc(CCc3ccc(C(=O)C[C@H](CCC(=O)NC[C@H](N)C(=O)NC(CC(=O)O)C(=O)C[C@@H](CSSCCNC(=O)Oc4cc5c(c6ccccc46)C(CCl)CN5C(=O)c4cc5cc(CC(=O)c6cc7ccccc7[nH]6)ccc5[nH]4)C(=O)O)C(=O)O)cc3)nc2c(=O)[nH]1. The van der Waals surface area contributed by atoms with Gasteiger partial charge in [0.1, 0.15) is 17.5 Å². The largest absolute Gasteiger partial charge is 0.481 e. The topological polar surface area (TPSA) is 435 Å². The number of alkyl halides is 1. The van der Waals surface area contributed by atoms with Crippen LogP contribution >= 0.6 is 33.2 Å². The van der Waals surface area contributed by atoms with E-state index in [4.69, 9.17) is 27.8 Å². The molecule has 0 radical (unpaired) electrons. The number of rotatable bonds is 32. The number of amides is 4. The third kappa shape index (κ3) is 17.3. The summed E-state index contributed by atoms with van der Waals surface area (Å²) in [6, 6.07) is 28.9. The van der Waals surface area contributed by atoms with Gasteiger partial charge in [-0.3, -0.25) is 52.9 Å². The Hall–Kier alpha value is -10.5. The number of aromatic nitrogens is 6. The number of Topliss-reactive ketones (excluding diaryl/α,β-unsaturated/α-hetero) is 3. The van der Waals surface area contributed by atoms with Crippen LogP contribution in [-0.4, -0.2) is 153 Å². The number of hydrogen-bond donors (Lipinski definition) is 11. The van der Waals surface area contributed by atoms with Crippen LogP contribution in [0.4, 0.5) is 16.4 Å². The molecular formula is C67H65ClN12O15S2. The van der Waals surface area contributed by atoms with Crippen molar-refractivity contribution in [2.24, 2.45) is 17.6 Å². The van der Waals surface area contributed by atoms with Gasteiger partial charge in [0, 0.05) is 107 Å². The van der Waals surface area contributed by atoms with Gasteiger partial charge in [-0.05, 0) is 71.7 Å². The molecule has 1 aliphatic heterocycles. The van der Waals surface area contributed by atoms with E-state index in [9.17, 15) is 68.1 Å². The van der Waals surface area contributed by atoms with Crippen LogP contribution in [0.3, 0.4) is 0 Å². The minimum Gasteiger partial charge on any atom is -0.481 e. The molecule has 4 amide bonds. The molecule has 0 spiro atoms. The normalized spacial score (nSPS) is 14.0. The van der Waals surface area contributed by atoms with Crippen LogP contribution in [-0.2, 0) is 48.0 Å². The number of benzene rings is 5. The van der Waals surface area contributed by atoms with E-state index in [0.29, 0.717) is 46.5 Å². The van der Waals surface area contributed by atoms with Crippen molar-refractivity contribution in [3.8, 4) is 5.75 Å². The van der Waals surface area contributed by atoms with Crippen molar-refractivity contribution in [2.45, 2.75) is 69.4 Å². The van der Waals surface area contributed by atoms with Gasteiger partial charge in [-0.25, -0.2) is 14.8 Å². The highest BCUT2D eigenvalue weighted by molar-refractivity contribution is 8.76. The third-order valence-electron chi connectivity index (χ3n) is 16.3. The minimum absolute atomic E-state index is 0.0402. The summed E-state index contributed by atoms with van der Waals surface area (Å²) >= 11 is 6.56. The molecule has 13 N–H and O–H groups in total. The number of aliphatic carboxylic acids is 3. The summed E-state index contributed by atoms with van der Waals surface area (Å²) in [5, 5.41) is 39.9. The van der Waals surface area contributed by atoms with Crippen LogP contribution in [0.25, 0.3) is 43.7 Å². The van der Waals surface area contributed by atoms with Gasteiger partial charge in [0.05, 0.1) is 47.6 Å². The molecular weight excluding hydrogens is 1310 g/mol. The Balaban J connectivity index is 0.654. The number of fused-ring (bicyclic) bond motifs is 6. The number of carbonyl (C=O) groups excluding carboxylic acids is 7. The maximum Gasteiger partial charge on any atom is 0.412 e. The Bertz CT molecular complexity index is 4590. The van der Waals surface area contributed by atoms with Gasteiger partial charge < -0.3 is 62.3 Å². The number of nitrogens with one attached hydrogen (secondary N) is 6. The van der Waals surface area contributed by atoms with Gasteiger partial charge in [0.25, 0.3) is 11.5 Å². The predicted molar refractivity (Wildman–Crippen MR) is 364 cm³/mol. The maximum atomic E-state index is 14.5. The number of carbonyl (C=O) groups is 10. The zero-order valence-corrected chi connectivity index (χ0v) is 54.0. The molecule has 97 heavy (non-hydrogen) atoms. The first-order valence-corrected chi connectivity index (χ1v) is 33.6. The summed E-state index contributed by atoms with van der Waals surface area (Å²) in [6.45, 7) is -0.219. The highest BCUT2D eigenvalue weighted by Gasteiger charge is 2.37. The Labute approximate surface area is 564 Å². The molecule has 0 bridgehead atoms. The lowest BCUT2D eigenvalue weighted by molar-refractivity contribution is -0.144. The first-order chi connectivity index (χ1) is 46.6. The average molecular weight is 1380 g/mol. The lowest BCUT2D eigenvalue weighted by Crippen LogP contribution is -2.53. The monoisotopic (exact) mass is 1380 g/mol. The fourth-order valence-electron chi connectivity index (χ4n) is 11.3. The van der Waals surface area contributed by atoms with Crippen LogP contribution in [0.2, 0.25) is 0 Å². The molecule has 0 saturated heterocycles. The van der Waals surface area contributed by atoms with Gasteiger partial charge >= 0.3 is 24.0 Å². The van der Waals surface area contributed by atoms with Crippen LogP contribution in [0, 0.1) is 11.8 Å².